The van der Waals surface area contributed by atoms with Crippen molar-refractivity contribution in [3.63, 3.8) is 0 Å². The van der Waals surface area contributed by atoms with Crippen LogP contribution >= 0.6 is 11.8 Å². The van der Waals surface area contributed by atoms with E-state index in [2.05, 4.69) is 15.6 Å². The lowest BCUT2D eigenvalue weighted by molar-refractivity contribution is 0.0488. The van der Waals surface area contributed by atoms with Gasteiger partial charge in [-0.2, -0.15) is 0 Å². The molecule has 34 heavy (non-hydrogen) atoms. The first kappa shape index (κ1) is 25.7. The Morgan fingerprint density at radius 3 is 2.32 bits per heavy atom. The van der Waals surface area contributed by atoms with Crippen LogP contribution in [-0.2, 0) is 4.74 Å². The lowest BCUT2D eigenvalue weighted by Crippen LogP contribution is -2.45. The smallest absolute Gasteiger partial charge is 0.407 e. The van der Waals surface area contributed by atoms with Gasteiger partial charge in [-0.15, -0.1) is 11.8 Å². The molecule has 10 heteroatoms. The van der Waals surface area contributed by atoms with Crippen molar-refractivity contribution in [3.8, 4) is 11.6 Å². The Kier molecular flexibility index (Phi) is 8.35. The molecule has 1 aromatic heterocycles. The summed E-state index contributed by atoms with van der Waals surface area (Å²) in [6.45, 7) is 5.40. The topological polar surface area (TPSA) is 89.5 Å². The second-order valence-corrected chi connectivity index (χ2v) is 9.92. The van der Waals surface area contributed by atoms with Gasteiger partial charge in [0, 0.05) is 17.0 Å². The quantitative estimate of drug-likeness (QED) is 0.521. The molecule has 1 saturated carbocycles. The third kappa shape index (κ3) is 7.31. The molecule has 2 N–H and O–H groups in total. The number of rotatable bonds is 6. The minimum Gasteiger partial charge on any atom is -0.444 e. The van der Waals surface area contributed by atoms with E-state index in [4.69, 9.17) is 9.47 Å². The maximum absolute atomic E-state index is 13.9. The van der Waals surface area contributed by atoms with Crippen LogP contribution in [-0.4, -0.2) is 40.9 Å². The fourth-order valence-electron chi connectivity index (χ4n) is 3.61. The largest absolute Gasteiger partial charge is 0.444 e. The van der Waals surface area contributed by atoms with Gasteiger partial charge >= 0.3 is 6.09 Å². The second-order valence-electron chi connectivity index (χ2n) is 9.07. The minimum atomic E-state index is -0.674. The van der Waals surface area contributed by atoms with Gasteiger partial charge in [-0.3, -0.25) is 4.79 Å². The van der Waals surface area contributed by atoms with Crippen LogP contribution in [0.4, 0.5) is 13.6 Å². The number of aromatic nitrogens is 1. The monoisotopic (exact) mass is 493 g/mol. The first-order valence-corrected chi connectivity index (χ1v) is 12.2. The highest BCUT2D eigenvalue weighted by atomic mass is 32.2. The summed E-state index contributed by atoms with van der Waals surface area (Å²) >= 11 is 1.21. The molecule has 7 nitrogen and oxygen atoms in total. The molecule has 0 bridgehead atoms. The molecule has 1 aliphatic rings. The summed E-state index contributed by atoms with van der Waals surface area (Å²) in [7, 11) is 0. The molecule has 184 valence electrons. The molecule has 0 spiro atoms. The Morgan fingerprint density at radius 1 is 1.06 bits per heavy atom. The van der Waals surface area contributed by atoms with E-state index in [-0.39, 0.29) is 35.1 Å². The number of carbonyl (C=O) groups excluding carboxylic acids is 2. The molecule has 2 amide bonds. The molecule has 1 aliphatic carbocycles. The average Bonchev–Trinajstić information content (AvgIpc) is 2.76. The number of halogens is 2. The van der Waals surface area contributed by atoms with E-state index in [1.54, 1.807) is 27.0 Å². The highest BCUT2D eigenvalue weighted by Gasteiger charge is 2.27. The van der Waals surface area contributed by atoms with Gasteiger partial charge in [-0.25, -0.2) is 18.6 Å². The van der Waals surface area contributed by atoms with Gasteiger partial charge in [-0.1, -0.05) is 0 Å². The number of amides is 2. The van der Waals surface area contributed by atoms with Crippen molar-refractivity contribution >= 4 is 23.8 Å². The number of alkyl carbamates (subject to hydrolysis) is 1. The van der Waals surface area contributed by atoms with Gasteiger partial charge in [0.25, 0.3) is 5.91 Å². The van der Waals surface area contributed by atoms with E-state index in [1.165, 1.54) is 30.0 Å². The number of nitrogens with zero attached hydrogens (tertiary/aromatic N) is 1. The molecule has 0 saturated heterocycles. The van der Waals surface area contributed by atoms with Crippen molar-refractivity contribution < 1.29 is 27.8 Å². The van der Waals surface area contributed by atoms with E-state index in [9.17, 15) is 18.4 Å². The third-order valence-corrected chi connectivity index (χ3v) is 5.94. The summed E-state index contributed by atoms with van der Waals surface area (Å²) in [5.74, 6) is -1.36. The fraction of sp³-hybridized carbons (Fsp3) is 0.458. The molecule has 0 radical (unpaired) electrons. The number of carbonyl (C=O) groups is 2. The minimum absolute atomic E-state index is 0.0400. The molecular weight excluding hydrogens is 464 g/mol. The van der Waals surface area contributed by atoms with Crippen LogP contribution in [0.5, 0.6) is 11.6 Å². The lowest BCUT2D eigenvalue weighted by atomic mass is 9.91. The fourth-order valence-corrected chi connectivity index (χ4v) is 4.10. The summed E-state index contributed by atoms with van der Waals surface area (Å²) in [6.07, 6.45) is 4.84. The van der Waals surface area contributed by atoms with Crippen molar-refractivity contribution in [1.29, 1.82) is 0 Å². The van der Waals surface area contributed by atoms with Crippen LogP contribution < -0.4 is 15.4 Å². The summed E-state index contributed by atoms with van der Waals surface area (Å²) < 4.78 is 38.6. The molecule has 1 heterocycles. The van der Waals surface area contributed by atoms with Crippen molar-refractivity contribution in [2.75, 3.05) is 6.26 Å². The van der Waals surface area contributed by atoms with Crippen molar-refractivity contribution in [1.82, 2.24) is 15.6 Å². The van der Waals surface area contributed by atoms with E-state index in [0.717, 1.165) is 12.3 Å². The molecule has 1 aromatic carbocycles. The first-order chi connectivity index (χ1) is 16.0. The molecule has 3 rings (SSSR count). The zero-order chi connectivity index (χ0) is 24.9. The summed E-state index contributed by atoms with van der Waals surface area (Å²) in [6, 6.07) is 5.04. The average molecular weight is 494 g/mol. The van der Waals surface area contributed by atoms with Gasteiger partial charge in [0.05, 0.1) is 6.20 Å². The standard InChI is InChI=1S/C24H29F2N3O4S/c1-24(2,3)33-23(31)29-16-7-5-15(6-8-16)28-21(30)18-11-14(25)13-27-22(18)32-17-9-10-19(26)20(12-17)34-4/h9-13,15-16H,5-8H2,1-4H3,(H,28,30)(H,29,31)/t15-,16+. The summed E-state index contributed by atoms with van der Waals surface area (Å²) in [4.78, 5) is 29.2. The maximum atomic E-state index is 13.9. The van der Waals surface area contributed by atoms with Crippen LogP contribution in [0.3, 0.4) is 0 Å². The van der Waals surface area contributed by atoms with Crippen LogP contribution in [0.1, 0.15) is 56.8 Å². The zero-order valence-corrected chi connectivity index (χ0v) is 20.4. The Labute approximate surface area is 202 Å². The Morgan fingerprint density at radius 2 is 1.71 bits per heavy atom. The van der Waals surface area contributed by atoms with Crippen molar-refractivity contribution in [3.05, 3.63) is 47.7 Å². The van der Waals surface area contributed by atoms with Crippen LogP contribution in [0, 0.1) is 11.6 Å². The number of hydrogen-bond acceptors (Lipinski definition) is 6. The van der Waals surface area contributed by atoms with Crippen LogP contribution in [0.25, 0.3) is 0 Å². The molecule has 0 atom stereocenters. The van der Waals surface area contributed by atoms with Crippen LogP contribution in [0.2, 0.25) is 0 Å². The second kappa shape index (κ2) is 11.0. The predicted octanol–water partition coefficient (Wildman–Crippen LogP) is 5.44. The van der Waals surface area contributed by atoms with E-state index in [0.29, 0.717) is 30.6 Å². The number of hydrogen-bond donors (Lipinski definition) is 2. The number of benzene rings is 1. The molecule has 1 fully saturated rings. The van der Waals surface area contributed by atoms with Gasteiger partial charge in [-0.05, 0) is 77.0 Å². The number of thioether (sulfide) groups is 1. The summed E-state index contributed by atoms with van der Waals surface area (Å²) in [5.41, 5.74) is -0.622. The Bertz CT molecular complexity index is 1040. The predicted molar refractivity (Wildman–Crippen MR) is 125 cm³/mol. The SMILES string of the molecule is CSc1cc(Oc2ncc(F)cc2C(=O)N[C@H]2CC[C@@H](NC(=O)OC(C)(C)C)CC2)ccc1F. The molecule has 2 aromatic rings. The highest BCUT2D eigenvalue weighted by Crippen LogP contribution is 2.29. The first-order valence-electron chi connectivity index (χ1n) is 11.0. The van der Waals surface area contributed by atoms with E-state index >= 15 is 0 Å². The molecule has 0 unspecified atom stereocenters. The third-order valence-electron chi connectivity index (χ3n) is 5.18. The number of ether oxygens (including phenoxy) is 2. The summed E-state index contributed by atoms with van der Waals surface area (Å²) in [5, 5.41) is 5.75. The zero-order valence-electron chi connectivity index (χ0n) is 19.6. The van der Waals surface area contributed by atoms with Crippen molar-refractivity contribution in [2.24, 2.45) is 0 Å². The van der Waals surface area contributed by atoms with Crippen LogP contribution in [0.15, 0.2) is 35.4 Å². The lowest BCUT2D eigenvalue weighted by Gasteiger charge is -2.30. The van der Waals surface area contributed by atoms with E-state index in [1.807, 2.05) is 0 Å². The number of nitrogens with one attached hydrogen (secondary N) is 2. The van der Waals surface area contributed by atoms with E-state index < -0.39 is 23.4 Å². The highest BCUT2D eigenvalue weighted by molar-refractivity contribution is 7.98. The van der Waals surface area contributed by atoms with Gasteiger partial charge in [0.2, 0.25) is 5.88 Å². The number of pyridine rings is 1. The van der Waals surface area contributed by atoms with Gasteiger partial charge in [0.1, 0.15) is 28.5 Å². The maximum Gasteiger partial charge on any atom is 0.407 e. The van der Waals surface area contributed by atoms with Crippen molar-refractivity contribution in [2.45, 2.75) is 69.0 Å². The molecular formula is C24H29F2N3O4S. The van der Waals surface area contributed by atoms with Gasteiger partial charge < -0.3 is 20.1 Å². The Hall–Kier alpha value is -2.88. The Balaban J connectivity index is 1.61. The normalized spacial score (nSPS) is 18.2. The molecule has 0 aliphatic heterocycles. The van der Waals surface area contributed by atoms with Gasteiger partial charge in [0.15, 0.2) is 0 Å².